The van der Waals surface area contributed by atoms with Crippen molar-refractivity contribution >= 4 is 0 Å². The van der Waals surface area contributed by atoms with Gasteiger partial charge in [0.15, 0.2) is 0 Å². The molecule has 0 saturated heterocycles. The Morgan fingerprint density at radius 3 is 0.966 bits per heavy atom. The van der Waals surface area contributed by atoms with E-state index >= 15 is 0 Å². The van der Waals surface area contributed by atoms with E-state index in [4.69, 9.17) is 10.2 Å². The van der Waals surface area contributed by atoms with Crippen molar-refractivity contribution in [1.29, 1.82) is 0 Å². The molecular formula is C26H24O2Zr. The van der Waals surface area contributed by atoms with E-state index in [1.807, 2.05) is 60.7 Å². The maximum absolute atomic E-state index is 9.12. The molecular weight excluding hydrogens is 436 g/mol. The number of hydrogen-bond donors (Lipinski definition) is 2. The van der Waals surface area contributed by atoms with E-state index < -0.39 is 0 Å². The van der Waals surface area contributed by atoms with Crippen molar-refractivity contribution in [2.24, 2.45) is 0 Å². The zero-order valence-electron chi connectivity index (χ0n) is 16.2. The molecule has 2 N–H and O–H groups in total. The van der Waals surface area contributed by atoms with Crippen LogP contribution in [0.1, 0.15) is 22.3 Å². The monoisotopic (exact) mass is 458 g/mol. The molecule has 0 fully saturated rings. The summed E-state index contributed by atoms with van der Waals surface area (Å²) < 4.78 is 0. The Balaban J connectivity index is 0.000000200. The zero-order valence-corrected chi connectivity index (χ0v) is 18.7. The number of benzene rings is 4. The van der Waals surface area contributed by atoms with Crippen LogP contribution >= 0.6 is 0 Å². The molecule has 0 heterocycles. The van der Waals surface area contributed by atoms with Crippen LogP contribution in [0.25, 0.3) is 0 Å². The molecule has 0 saturated carbocycles. The van der Waals surface area contributed by atoms with E-state index in [1.165, 1.54) is 22.3 Å². The van der Waals surface area contributed by atoms with Gasteiger partial charge in [-0.2, -0.15) is 0 Å². The molecule has 4 aromatic rings. The predicted octanol–water partition coefficient (Wildman–Crippen LogP) is 5.96. The number of aromatic hydroxyl groups is 2. The van der Waals surface area contributed by atoms with Crippen LogP contribution in [0.15, 0.2) is 109 Å². The second kappa shape index (κ2) is 12.0. The summed E-state index contributed by atoms with van der Waals surface area (Å²) in [5.74, 6) is 0.642. The fourth-order valence-corrected chi connectivity index (χ4v) is 2.89. The summed E-state index contributed by atoms with van der Waals surface area (Å²) in [6.07, 6.45) is 1.84. The minimum absolute atomic E-state index is 0. The molecule has 0 aliphatic carbocycles. The number of phenolic OH excluding ortho intramolecular Hbond substituents is 2. The summed E-state index contributed by atoms with van der Waals surface area (Å²) in [4.78, 5) is 0. The van der Waals surface area contributed by atoms with Crippen LogP contribution in [0.5, 0.6) is 11.5 Å². The summed E-state index contributed by atoms with van der Waals surface area (Å²) in [7, 11) is 0. The van der Waals surface area contributed by atoms with Crippen molar-refractivity contribution in [2.75, 3.05) is 0 Å². The van der Waals surface area contributed by atoms with Crippen molar-refractivity contribution in [3.05, 3.63) is 131 Å². The van der Waals surface area contributed by atoms with E-state index in [2.05, 4.69) is 24.3 Å². The molecule has 4 rings (SSSR count). The molecule has 2 nitrogen and oxygen atoms in total. The first-order valence-corrected chi connectivity index (χ1v) is 9.33. The first kappa shape index (κ1) is 22.7. The molecule has 144 valence electrons. The SMILES string of the molecule is Oc1ccc(Cc2ccccc2)cc1.Oc1ccc(Cc2ccccc2)cc1.[Zr]. The topological polar surface area (TPSA) is 40.5 Å². The summed E-state index contributed by atoms with van der Waals surface area (Å²) >= 11 is 0. The average Bonchev–Trinajstić information content (AvgIpc) is 2.74. The number of phenols is 2. The number of rotatable bonds is 4. The fourth-order valence-electron chi connectivity index (χ4n) is 2.89. The Hall–Kier alpha value is -2.64. The van der Waals surface area contributed by atoms with Crippen molar-refractivity contribution in [3.63, 3.8) is 0 Å². The second-order valence-corrected chi connectivity index (χ2v) is 6.66. The van der Waals surface area contributed by atoms with E-state index in [1.54, 1.807) is 24.3 Å². The molecule has 0 unspecified atom stereocenters. The van der Waals surface area contributed by atoms with Crippen molar-refractivity contribution in [3.8, 4) is 11.5 Å². The van der Waals surface area contributed by atoms with Gasteiger partial charge in [-0.05, 0) is 59.4 Å². The number of hydrogen-bond acceptors (Lipinski definition) is 2. The van der Waals surface area contributed by atoms with Crippen molar-refractivity contribution in [2.45, 2.75) is 12.8 Å². The van der Waals surface area contributed by atoms with Gasteiger partial charge in [0.25, 0.3) is 0 Å². The minimum atomic E-state index is 0. The van der Waals surface area contributed by atoms with Gasteiger partial charge in [0, 0.05) is 26.2 Å². The molecule has 0 bridgehead atoms. The molecule has 0 aliphatic heterocycles. The molecule has 0 amide bonds. The normalized spacial score (nSPS) is 9.66. The molecule has 0 atom stereocenters. The van der Waals surface area contributed by atoms with Gasteiger partial charge in [0.1, 0.15) is 11.5 Å². The van der Waals surface area contributed by atoms with Crippen LogP contribution in [-0.2, 0) is 39.0 Å². The van der Waals surface area contributed by atoms with Crippen LogP contribution in [-0.4, -0.2) is 10.2 Å². The van der Waals surface area contributed by atoms with Gasteiger partial charge in [-0.1, -0.05) is 84.9 Å². The standard InChI is InChI=1S/2C13H12O.Zr/c2*14-13-8-6-12(7-9-13)10-11-4-2-1-3-5-11;/h2*1-9,14H,10H2;. The van der Waals surface area contributed by atoms with Gasteiger partial charge in [-0.25, -0.2) is 0 Å². The molecule has 0 radical (unpaired) electrons. The van der Waals surface area contributed by atoms with E-state index in [0.717, 1.165) is 12.8 Å². The average molecular weight is 460 g/mol. The molecule has 0 spiro atoms. The quantitative estimate of drug-likeness (QED) is 0.395. The molecule has 29 heavy (non-hydrogen) atoms. The first-order valence-electron chi connectivity index (χ1n) is 9.33. The van der Waals surface area contributed by atoms with E-state index in [0.29, 0.717) is 11.5 Å². The van der Waals surface area contributed by atoms with Gasteiger partial charge in [0.05, 0.1) is 0 Å². The molecule has 0 aromatic heterocycles. The minimum Gasteiger partial charge on any atom is -0.508 e. The summed E-state index contributed by atoms with van der Waals surface area (Å²) in [6, 6.07) is 35.3. The Morgan fingerprint density at radius 2 is 0.655 bits per heavy atom. The van der Waals surface area contributed by atoms with E-state index in [9.17, 15) is 0 Å². The van der Waals surface area contributed by atoms with Gasteiger partial charge < -0.3 is 10.2 Å². The van der Waals surface area contributed by atoms with Crippen LogP contribution in [0, 0.1) is 0 Å². The smallest absolute Gasteiger partial charge is 0.115 e. The van der Waals surface area contributed by atoms with E-state index in [-0.39, 0.29) is 26.2 Å². The maximum Gasteiger partial charge on any atom is 0.115 e. The Labute approximate surface area is 191 Å². The Morgan fingerprint density at radius 1 is 0.379 bits per heavy atom. The third-order valence-corrected chi connectivity index (χ3v) is 4.37. The van der Waals surface area contributed by atoms with Crippen molar-refractivity contribution < 1.29 is 36.4 Å². The van der Waals surface area contributed by atoms with Gasteiger partial charge >= 0.3 is 0 Å². The van der Waals surface area contributed by atoms with Crippen LogP contribution < -0.4 is 0 Å². The molecule has 4 aromatic carbocycles. The maximum atomic E-state index is 9.12. The molecule has 3 heteroatoms. The van der Waals surface area contributed by atoms with Gasteiger partial charge in [0.2, 0.25) is 0 Å². The third-order valence-electron chi connectivity index (χ3n) is 4.37. The third kappa shape index (κ3) is 8.09. The summed E-state index contributed by atoms with van der Waals surface area (Å²) in [5.41, 5.74) is 5.01. The Kier molecular flexibility index (Phi) is 9.40. The van der Waals surface area contributed by atoms with Crippen molar-refractivity contribution in [1.82, 2.24) is 0 Å². The van der Waals surface area contributed by atoms with Gasteiger partial charge in [-0.3, -0.25) is 0 Å². The summed E-state index contributed by atoms with van der Waals surface area (Å²) in [5, 5.41) is 18.2. The predicted molar refractivity (Wildman–Crippen MR) is 115 cm³/mol. The summed E-state index contributed by atoms with van der Waals surface area (Å²) in [6.45, 7) is 0. The fraction of sp³-hybridized carbons (Fsp3) is 0.0769. The molecule has 0 aliphatic rings. The van der Waals surface area contributed by atoms with Crippen LogP contribution in [0.3, 0.4) is 0 Å². The zero-order chi connectivity index (χ0) is 19.6. The van der Waals surface area contributed by atoms with Crippen LogP contribution in [0.4, 0.5) is 0 Å². The van der Waals surface area contributed by atoms with Crippen LogP contribution in [0.2, 0.25) is 0 Å². The van der Waals surface area contributed by atoms with Gasteiger partial charge in [-0.15, -0.1) is 0 Å². The first-order chi connectivity index (χ1) is 13.7. The Bertz CT molecular complexity index is 868. The largest absolute Gasteiger partial charge is 0.508 e. The second-order valence-electron chi connectivity index (χ2n) is 6.66.